The number of thiazole rings is 1. The van der Waals surface area contributed by atoms with Crippen LogP contribution in [0.2, 0.25) is 0 Å². The van der Waals surface area contributed by atoms with E-state index in [2.05, 4.69) is 10.3 Å². The molecule has 0 spiro atoms. The number of nitrogens with one attached hydrogen (secondary N) is 1. The number of hydrogen-bond acceptors (Lipinski definition) is 6. The van der Waals surface area contributed by atoms with Gasteiger partial charge in [-0.1, -0.05) is 19.3 Å². The standard InChI is InChI=1S/C20H29N3O3S/c1-20(2,3)26-19(25)23-11-9-16(23)17(24)13-15(18-21-10-12-27-18)22-14-7-5-4-6-8-14/h10,12-14,16,22H,4-9,11H2,1-3H3/b15-13+/t16-/m0/s1. The fourth-order valence-electron chi connectivity index (χ4n) is 3.45. The highest BCUT2D eigenvalue weighted by atomic mass is 32.1. The topological polar surface area (TPSA) is 71.5 Å². The first kappa shape index (κ1) is 19.9. The molecule has 1 aliphatic heterocycles. The van der Waals surface area contributed by atoms with Crippen molar-refractivity contribution in [1.82, 2.24) is 15.2 Å². The summed E-state index contributed by atoms with van der Waals surface area (Å²) in [5.41, 5.74) is 0.211. The summed E-state index contributed by atoms with van der Waals surface area (Å²) in [4.78, 5) is 31.0. The number of rotatable bonds is 5. The van der Waals surface area contributed by atoms with Crippen molar-refractivity contribution in [2.45, 2.75) is 77.0 Å². The highest BCUT2D eigenvalue weighted by Crippen LogP contribution is 2.25. The van der Waals surface area contributed by atoms with Gasteiger partial charge in [0.2, 0.25) is 0 Å². The molecule has 1 amide bonds. The van der Waals surface area contributed by atoms with Crippen LogP contribution < -0.4 is 5.32 Å². The van der Waals surface area contributed by atoms with E-state index in [0.717, 1.165) is 23.5 Å². The Balaban J connectivity index is 1.70. The van der Waals surface area contributed by atoms with Crippen molar-refractivity contribution in [2.75, 3.05) is 6.54 Å². The van der Waals surface area contributed by atoms with Crippen molar-refractivity contribution in [3.63, 3.8) is 0 Å². The summed E-state index contributed by atoms with van der Waals surface area (Å²) in [5.74, 6) is -0.0689. The molecule has 7 heteroatoms. The maximum atomic E-state index is 12.9. The van der Waals surface area contributed by atoms with E-state index in [1.165, 1.54) is 35.5 Å². The molecular formula is C20H29N3O3S. The van der Waals surface area contributed by atoms with Crippen molar-refractivity contribution in [2.24, 2.45) is 0 Å². The van der Waals surface area contributed by atoms with Crippen LogP contribution in [0.15, 0.2) is 17.7 Å². The molecule has 148 valence electrons. The Hall–Kier alpha value is -1.89. The molecule has 1 aromatic rings. The zero-order valence-corrected chi connectivity index (χ0v) is 17.2. The Bertz CT molecular complexity index is 688. The second kappa shape index (κ2) is 8.42. The molecule has 1 N–H and O–H groups in total. The molecule has 2 heterocycles. The number of carbonyl (C=O) groups excluding carboxylic acids is 2. The van der Waals surface area contributed by atoms with E-state index < -0.39 is 17.7 Å². The third kappa shape index (κ3) is 5.31. The average molecular weight is 392 g/mol. The van der Waals surface area contributed by atoms with Crippen molar-refractivity contribution in [1.29, 1.82) is 0 Å². The molecule has 0 unspecified atom stereocenters. The lowest BCUT2D eigenvalue weighted by Gasteiger charge is -2.39. The molecule has 1 aromatic heterocycles. The predicted molar refractivity (Wildman–Crippen MR) is 106 cm³/mol. The van der Waals surface area contributed by atoms with E-state index in [-0.39, 0.29) is 5.78 Å². The Morgan fingerprint density at radius 1 is 1.26 bits per heavy atom. The van der Waals surface area contributed by atoms with E-state index in [9.17, 15) is 9.59 Å². The van der Waals surface area contributed by atoms with E-state index >= 15 is 0 Å². The van der Waals surface area contributed by atoms with Gasteiger partial charge in [0.15, 0.2) is 5.78 Å². The molecule has 2 fully saturated rings. The van der Waals surface area contributed by atoms with Gasteiger partial charge >= 0.3 is 6.09 Å². The van der Waals surface area contributed by atoms with Gasteiger partial charge in [-0.15, -0.1) is 11.3 Å². The lowest BCUT2D eigenvalue weighted by Crippen LogP contribution is -2.56. The molecule has 1 atom stereocenters. The van der Waals surface area contributed by atoms with Gasteiger partial charge in [-0.05, 0) is 40.0 Å². The van der Waals surface area contributed by atoms with Crippen LogP contribution in [0.5, 0.6) is 0 Å². The maximum Gasteiger partial charge on any atom is 0.410 e. The quantitative estimate of drug-likeness (QED) is 0.769. The van der Waals surface area contributed by atoms with Gasteiger partial charge in [-0.3, -0.25) is 9.69 Å². The summed E-state index contributed by atoms with van der Waals surface area (Å²) in [6.07, 6.45) is 9.57. The Labute approximate surface area is 165 Å². The first-order chi connectivity index (χ1) is 12.8. The number of ether oxygens (including phenoxy) is 1. The first-order valence-electron chi connectivity index (χ1n) is 9.75. The van der Waals surface area contributed by atoms with Crippen LogP contribution in [0.25, 0.3) is 5.70 Å². The average Bonchev–Trinajstić information content (AvgIpc) is 3.06. The predicted octanol–water partition coefficient (Wildman–Crippen LogP) is 3.98. The van der Waals surface area contributed by atoms with Crippen LogP contribution in [-0.2, 0) is 9.53 Å². The second-order valence-corrected chi connectivity index (χ2v) is 9.15. The van der Waals surface area contributed by atoms with E-state index in [0.29, 0.717) is 19.0 Å². The number of aromatic nitrogens is 1. The third-order valence-corrected chi connectivity index (χ3v) is 5.70. The summed E-state index contributed by atoms with van der Waals surface area (Å²) in [7, 11) is 0. The van der Waals surface area contributed by atoms with Crippen LogP contribution in [0.1, 0.15) is 64.3 Å². The van der Waals surface area contributed by atoms with Gasteiger partial charge in [-0.25, -0.2) is 9.78 Å². The summed E-state index contributed by atoms with van der Waals surface area (Å²) in [5, 5.41) is 6.25. The molecule has 27 heavy (non-hydrogen) atoms. The number of hydrogen-bond donors (Lipinski definition) is 1. The maximum absolute atomic E-state index is 12.9. The zero-order valence-electron chi connectivity index (χ0n) is 16.4. The van der Waals surface area contributed by atoms with Gasteiger partial charge in [0.25, 0.3) is 0 Å². The normalized spacial score (nSPS) is 21.5. The minimum absolute atomic E-state index is 0.0689. The lowest BCUT2D eigenvalue weighted by molar-refractivity contribution is -0.123. The number of carbonyl (C=O) groups is 2. The summed E-state index contributed by atoms with van der Waals surface area (Å²) in [6.45, 7) is 6.05. The van der Waals surface area contributed by atoms with Gasteiger partial charge in [0.05, 0.1) is 11.7 Å². The number of likely N-dealkylation sites (tertiary alicyclic amines) is 1. The van der Waals surface area contributed by atoms with E-state index in [1.807, 2.05) is 26.2 Å². The monoisotopic (exact) mass is 391 g/mol. The van der Waals surface area contributed by atoms with Crippen LogP contribution in [0, 0.1) is 0 Å². The van der Waals surface area contributed by atoms with Crippen LogP contribution >= 0.6 is 11.3 Å². The molecular weight excluding hydrogens is 362 g/mol. The van der Waals surface area contributed by atoms with Gasteiger partial charge in [0, 0.05) is 30.2 Å². The minimum atomic E-state index is -0.565. The van der Waals surface area contributed by atoms with Crippen molar-refractivity contribution < 1.29 is 14.3 Å². The zero-order chi connectivity index (χ0) is 19.4. The SMILES string of the molecule is CC(C)(C)OC(=O)N1CC[C@H]1C(=O)/C=C(/NC1CCCCC1)c1nccs1. The Morgan fingerprint density at radius 2 is 2.00 bits per heavy atom. The summed E-state index contributed by atoms with van der Waals surface area (Å²) in [6, 6.07) is -0.0620. The number of ketones is 1. The molecule has 1 saturated carbocycles. The van der Waals surface area contributed by atoms with Gasteiger partial charge in [-0.2, -0.15) is 0 Å². The molecule has 6 nitrogen and oxygen atoms in total. The Kier molecular flexibility index (Phi) is 6.19. The molecule has 1 aliphatic carbocycles. The van der Waals surface area contributed by atoms with Crippen molar-refractivity contribution in [3.05, 3.63) is 22.7 Å². The van der Waals surface area contributed by atoms with Crippen molar-refractivity contribution >= 4 is 28.9 Å². The third-order valence-electron chi connectivity index (χ3n) is 4.89. The van der Waals surface area contributed by atoms with E-state index in [1.54, 1.807) is 12.3 Å². The van der Waals surface area contributed by atoms with Crippen molar-refractivity contribution in [3.8, 4) is 0 Å². The highest BCUT2D eigenvalue weighted by molar-refractivity contribution is 7.10. The largest absolute Gasteiger partial charge is 0.444 e. The number of nitrogens with zero attached hydrogens (tertiary/aromatic N) is 2. The molecule has 2 aliphatic rings. The second-order valence-electron chi connectivity index (χ2n) is 8.26. The fraction of sp³-hybridized carbons (Fsp3) is 0.650. The molecule has 0 bridgehead atoms. The van der Waals surface area contributed by atoms with Crippen LogP contribution in [-0.4, -0.2) is 46.0 Å². The van der Waals surface area contributed by atoms with Crippen LogP contribution in [0.4, 0.5) is 4.79 Å². The summed E-state index contributed by atoms with van der Waals surface area (Å²) < 4.78 is 5.41. The smallest absolute Gasteiger partial charge is 0.410 e. The highest BCUT2D eigenvalue weighted by Gasteiger charge is 2.39. The Morgan fingerprint density at radius 3 is 2.56 bits per heavy atom. The van der Waals surface area contributed by atoms with Gasteiger partial charge < -0.3 is 10.1 Å². The minimum Gasteiger partial charge on any atom is -0.444 e. The van der Waals surface area contributed by atoms with Crippen LogP contribution in [0.3, 0.4) is 0 Å². The fourth-order valence-corrected chi connectivity index (χ4v) is 4.07. The van der Waals surface area contributed by atoms with Gasteiger partial charge in [0.1, 0.15) is 10.6 Å². The lowest BCUT2D eigenvalue weighted by atomic mass is 9.95. The number of amides is 1. The summed E-state index contributed by atoms with van der Waals surface area (Å²) >= 11 is 1.51. The van der Waals surface area contributed by atoms with E-state index in [4.69, 9.17) is 4.74 Å². The molecule has 1 saturated heterocycles. The first-order valence-corrected chi connectivity index (χ1v) is 10.6. The molecule has 0 radical (unpaired) electrons. The molecule has 3 rings (SSSR count). The molecule has 0 aromatic carbocycles.